The monoisotopic (exact) mass is 262 g/mol. The molecule has 0 atom stereocenters. The first-order chi connectivity index (χ1) is 9.33. The number of aldehydes is 1. The number of methoxy groups -OCH3 is 1. The minimum atomic E-state index is 0.515. The lowest BCUT2D eigenvalue weighted by Gasteiger charge is -2.21. The van der Waals surface area contributed by atoms with Gasteiger partial charge in [-0.3, -0.25) is 4.79 Å². The molecular formula is C16H22O3. The van der Waals surface area contributed by atoms with Crippen molar-refractivity contribution in [3.05, 3.63) is 29.3 Å². The van der Waals surface area contributed by atoms with Crippen LogP contribution in [0.2, 0.25) is 0 Å². The van der Waals surface area contributed by atoms with Gasteiger partial charge in [0.25, 0.3) is 0 Å². The van der Waals surface area contributed by atoms with E-state index in [0.717, 1.165) is 24.2 Å². The maximum absolute atomic E-state index is 10.8. The van der Waals surface area contributed by atoms with E-state index in [9.17, 15) is 4.79 Å². The number of hydrogen-bond acceptors (Lipinski definition) is 3. The molecule has 0 radical (unpaired) electrons. The highest BCUT2D eigenvalue weighted by Crippen LogP contribution is 2.25. The molecule has 1 aliphatic rings. The molecule has 3 heteroatoms. The number of ether oxygens (including phenoxy) is 2. The second-order valence-corrected chi connectivity index (χ2v) is 5.21. The molecule has 0 unspecified atom stereocenters. The van der Waals surface area contributed by atoms with Crippen LogP contribution in [0.3, 0.4) is 0 Å². The van der Waals surface area contributed by atoms with Gasteiger partial charge >= 0.3 is 0 Å². The van der Waals surface area contributed by atoms with Crippen LogP contribution in [0, 0.1) is 5.92 Å². The first-order valence-corrected chi connectivity index (χ1v) is 7.03. The molecule has 19 heavy (non-hydrogen) atoms. The highest BCUT2D eigenvalue weighted by Gasteiger charge is 2.14. The van der Waals surface area contributed by atoms with Crippen molar-refractivity contribution in [1.29, 1.82) is 0 Å². The van der Waals surface area contributed by atoms with Crippen LogP contribution in [0.25, 0.3) is 0 Å². The fourth-order valence-corrected chi connectivity index (χ4v) is 2.67. The van der Waals surface area contributed by atoms with Crippen molar-refractivity contribution in [2.75, 3.05) is 13.7 Å². The summed E-state index contributed by atoms with van der Waals surface area (Å²) in [7, 11) is 1.64. The van der Waals surface area contributed by atoms with Crippen LogP contribution in [0.5, 0.6) is 5.75 Å². The van der Waals surface area contributed by atoms with Gasteiger partial charge in [0.1, 0.15) is 12.0 Å². The molecule has 1 saturated carbocycles. The number of rotatable bonds is 6. The molecule has 0 heterocycles. The Labute approximate surface area is 114 Å². The molecule has 2 rings (SSSR count). The van der Waals surface area contributed by atoms with Crippen LogP contribution in [0.15, 0.2) is 18.2 Å². The quantitative estimate of drug-likeness (QED) is 0.735. The third-order valence-electron chi connectivity index (χ3n) is 3.78. The van der Waals surface area contributed by atoms with Crippen molar-refractivity contribution < 1.29 is 14.3 Å². The zero-order chi connectivity index (χ0) is 13.5. The Bertz CT molecular complexity index is 408. The fourth-order valence-electron chi connectivity index (χ4n) is 2.67. The van der Waals surface area contributed by atoms with Gasteiger partial charge < -0.3 is 9.47 Å². The van der Waals surface area contributed by atoms with Crippen molar-refractivity contribution in [3.8, 4) is 5.75 Å². The van der Waals surface area contributed by atoms with Crippen LogP contribution < -0.4 is 4.74 Å². The van der Waals surface area contributed by atoms with Crippen molar-refractivity contribution in [2.24, 2.45) is 5.92 Å². The third-order valence-corrected chi connectivity index (χ3v) is 3.78. The summed E-state index contributed by atoms with van der Waals surface area (Å²) in [5.41, 5.74) is 1.61. The van der Waals surface area contributed by atoms with Gasteiger partial charge in [0.05, 0.1) is 13.7 Å². The number of benzene rings is 1. The van der Waals surface area contributed by atoms with E-state index in [0.29, 0.717) is 18.1 Å². The molecule has 0 bridgehead atoms. The smallest absolute Gasteiger partial charge is 0.150 e. The second kappa shape index (κ2) is 7.29. The zero-order valence-corrected chi connectivity index (χ0v) is 11.6. The molecule has 0 aliphatic heterocycles. The van der Waals surface area contributed by atoms with E-state index >= 15 is 0 Å². The van der Waals surface area contributed by atoms with Gasteiger partial charge in [-0.05, 0) is 37.0 Å². The molecule has 1 fully saturated rings. The maximum atomic E-state index is 10.8. The molecule has 0 amide bonds. The Balaban J connectivity index is 1.88. The zero-order valence-electron chi connectivity index (χ0n) is 11.6. The number of carbonyl (C=O) groups is 1. The predicted octanol–water partition coefficient (Wildman–Crippen LogP) is 3.60. The highest BCUT2D eigenvalue weighted by atomic mass is 16.5. The molecule has 0 saturated heterocycles. The van der Waals surface area contributed by atoms with Crippen LogP contribution in [-0.4, -0.2) is 20.0 Å². The van der Waals surface area contributed by atoms with Crippen molar-refractivity contribution in [3.63, 3.8) is 0 Å². The molecular weight excluding hydrogens is 240 g/mol. The highest BCUT2D eigenvalue weighted by molar-refractivity contribution is 5.75. The standard InChI is InChI=1S/C16H22O3/c1-18-16-8-7-14(10-17)9-15(16)12-19-11-13-5-3-2-4-6-13/h7-10,13H,2-6,11-12H2,1H3. The summed E-state index contributed by atoms with van der Waals surface area (Å²) < 4.78 is 11.1. The van der Waals surface area contributed by atoms with E-state index in [4.69, 9.17) is 9.47 Å². The SMILES string of the molecule is COc1ccc(C=O)cc1COCC1CCCCC1. The molecule has 0 aromatic heterocycles. The van der Waals surface area contributed by atoms with Crippen molar-refractivity contribution >= 4 is 6.29 Å². The largest absolute Gasteiger partial charge is 0.496 e. The minimum absolute atomic E-state index is 0.515. The molecule has 0 spiro atoms. The summed E-state index contributed by atoms with van der Waals surface area (Å²) in [6.45, 7) is 1.33. The van der Waals surface area contributed by atoms with Crippen molar-refractivity contribution in [2.45, 2.75) is 38.7 Å². The lowest BCUT2D eigenvalue weighted by molar-refractivity contribution is 0.0727. The van der Waals surface area contributed by atoms with Gasteiger partial charge in [-0.1, -0.05) is 19.3 Å². The summed E-state index contributed by atoms with van der Waals surface area (Å²) in [5.74, 6) is 1.49. The minimum Gasteiger partial charge on any atom is -0.496 e. The van der Waals surface area contributed by atoms with E-state index in [1.807, 2.05) is 12.1 Å². The number of hydrogen-bond donors (Lipinski definition) is 0. The van der Waals surface area contributed by atoms with Gasteiger partial charge in [-0.25, -0.2) is 0 Å². The topological polar surface area (TPSA) is 35.5 Å². The van der Waals surface area contributed by atoms with E-state index in [-0.39, 0.29) is 0 Å². The van der Waals surface area contributed by atoms with E-state index in [2.05, 4.69) is 0 Å². The molecule has 3 nitrogen and oxygen atoms in total. The average molecular weight is 262 g/mol. The summed E-state index contributed by atoms with van der Waals surface area (Å²) in [4.78, 5) is 10.8. The van der Waals surface area contributed by atoms with Crippen LogP contribution in [0.1, 0.15) is 48.0 Å². The maximum Gasteiger partial charge on any atom is 0.150 e. The van der Waals surface area contributed by atoms with Gasteiger partial charge in [0.15, 0.2) is 0 Å². The Kier molecular flexibility index (Phi) is 5.40. The second-order valence-electron chi connectivity index (χ2n) is 5.21. The molecule has 1 aromatic rings. The summed E-state index contributed by atoms with van der Waals surface area (Å²) in [6, 6.07) is 5.42. The van der Waals surface area contributed by atoms with E-state index in [1.165, 1.54) is 32.1 Å². The van der Waals surface area contributed by atoms with Gasteiger partial charge in [0, 0.05) is 17.7 Å². The van der Waals surface area contributed by atoms with Crippen LogP contribution >= 0.6 is 0 Å². The normalized spacial score (nSPS) is 16.3. The summed E-state index contributed by atoms with van der Waals surface area (Å²) in [5, 5.41) is 0. The Morgan fingerprint density at radius 1 is 1.26 bits per heavy atom. The lowest BCUT2D eigenvalue weighted by atomic mass is 9.90. The number of carbonyl (C=O) groups excluding carboxylic acids is 1. The summed E-state index contributed by atoms with van der Waals surface area (Å²) in [6.07, 6.45) is 7.45. The van der Waals surface area contributed by atoms with Crippen LogP contribution in [0.4, 0.5) is 0 Å². The average Bonchev–Trinajstić information content (AvgIpc) is 2.48. The Hall–Kier alpha value is -1.35. The van der Waals surface area contributed by atoms with Gasteiger partial charge in [0.2, 0.25) is 0 Å². The Morgan fingerprint density at radius 2 is 2.05 bits per heavy atom. The predicted molar refractivity (Wildman–Crippen MR) is 74.6 cm³/mol. The van der Waals surface area contributed by atoms with Gasteiger partial charge in [-0.2, -0.15) is 0 Å². The van der Waals surface area contributed by atoms with E-state index in [1.54, 1.807) is 13.2 Å². The van der Waals surface area contributed by atoms with Gasteiger partial charge in [-0.15, -0.1) is 0 Å². The third kappa shape index (κ3) is 4.06. The fraction of sp³-hybridized carbons (Fsp3) is 0.562. The lowest BCUT2D eigenvalue weighted by Crippen LogP contribution is -2.13. The molecule has 104 valence electrons. The first-order valence-electron chi connectivity index (χ1n) is 7.03. The molecule has 0 N–H and O–H groups in total. The summed E-state index contributed by atoms with van der Waals surface area (Å²) >= 11 is 0. The Morgan fingerprint density at radius 3 is 2.74 bits per heavy atom. The van der Waals surface area contributed by atoms with Crippen molar-refractivity contribution in [1.82, 2.24) is 0 Å². The van der Waals surface area contributed by atoms with Crippen LogP contribution in [-0.2, 0) is 11.3 Å². The molecule has 1 aliphatic carbocycles. The van der Waals surface area contributed by atoms with E-state index < -0.39 is 0 Å². The first kappa shape index (κ1) is 14.1. The molecule has 1 aromatic carbocycles.